The van der Waals surface area contributed by atoms with E-state index in [-0.39, 0.29) is 0 Å². The average molecular weight is 304 g/mol. The number of hydrogen-bond donors (Lipinski definition) is 0. The zero-order chi connectivity index (χ0) is 15.0. The van der Waals surface area contributed by atoms with Gasteiger partial charge in [0, 0.05) is 13.1 Å². The standard InChI is InChI=1S/C16H20N2O2S/c1-12-8-16(7-6-15(12)9-17)21(19,20)18(10-13-2-3-13)11-14-4-5-14/h6-8,13-14H,2-5,10-11H2,1H3. The summed E-state index contributed by atoms with van der Waals surface area (Å²) in [7, 11) is -3.43. The van der Waals surface area contributed by atoms with Gasteiger partial charge in [-0.3, -0.25) is 0 Å². The molecule has 0 radical (unpaired) electrons. The highest BCUT2D eigenvalue weighted by molar-refractivity contribution is 7.89. The predicted octanol–water partition coefficient (Wildman–Crippen LogP) is 2.68. The van der Waals surface area contributed by atoms with E-state index < -0.39 is 10.0 Å². The van der Waals surface area contributed by atoms with Crippen LogP contribution in [0.5, 0.6) is 0 Å². The fourth-order valence-corrected chi connectivity index (χ4v) is 4.20. The van der Waals surface area contributed by atoms with Crippen LogP contribution < -0.4 is 0 Å². The van der Waals surface area contributed by atoms with Crippen molar-refractivity contribution in [3.63, 3.8) is 0 Å². The van der Waals surface area contributed by atoms with Crippen LogP contribution in [-0.4, -0.2) is 25.8 Å². The molecule has 0 spiro atoms. The molecule has 2 saturated carbocycles. The monoisotopic (exact) mass is 304 g/mol. The highest BCUT2D eigenvalue weighted by atomic mass is 32.2. The number of nitriles is 1. The molecule has 21 heavy (non-hydrogen) atoms. The Balaban J connectivity index is 1.88. The van der Waals surface area contributed by atoms with Gasteiger partial charge >= 0.3 is 0 Å². The molecule has 0 atom stereocenters. The predicted molar refractivity (Wildman–Crippen MR) is 80.1 cm³/mol. The van der Waals surface area contributed by atoms with Gasteiger partial charge in [-0.2, -0.15) is 9.57 Å². The molecule has 4 nitrogen and oxygen atoms in total. The molecule has 0 bridgehead atoms. The van der Waals surface area contributed by atoms with E-state index in [4.69, 9.17) is 5.26 Å². The van der Waals surface area contributed by atoms with Gasteiger partial charge in [-0.25, -0.2) is 8.42 Å². The van der Waals surface area contributed by atoms with Crippen LogP contribution >= 0.6 is 0 Å². The van der Waals surface area contributed by atoms with Crippen molar-refractivity contribution >= 4 is 10.0 Å². The second-order valence-electron chi connectivity index (χ2n) is 6.30. The van der Waals surface area contributed by atoms with Gasteiger partial charge in [0.05, 0.1) is 16.5 Å². The third-order valence-corrected chi connectivity index (χ3v) is 6.10. The van der Waals surface area contributed by atoms with E-state index in [1.807, 2.05) is 0 Å². The van der Waals surface area contributed by atoms with Gasteiger partial charge in [0.1, 0.15) is 0 Å². The summed E-state index contributed by atoms with van der Waals surface area (Å²) >= 11 is 0. The van der Waals surface area contributed by atoms with E-state index in [2.05, 4.69) is 6.07 Å². The number of nitrogens with zero attached hydrogens (tertiary/aromatic N) is 2. The maximum atomic E-state index is 12.9. The van der Waals surface area contributed by atoms with E-state index in [9.17, 15) is 8.42 Å². The summed E-state index contributed by atoms with van der Waals surface area (Å²) in [4.78, 5) is 0.320. The Labute approximate surface area is 126 Å². The van der Waals surface area contributed by atoms with Gasteiger partial charge in [0.25, 0.3) is 0 Å². The Hall–Kier alpha value is -1.38. The first kappa shape index (κ1) is 14.6. The minimum Gasteiger partial charge on any atom is -0.207 e. The van der Waals surface area contributed by atoms with E-state index in [1.54, 1.807) is 29.4 Å². The number of rotatable bonds is 6. The number of hydrogen-bond acceptors (Lipinski definition) is 3. The van der Waals surface area contributed by atoms with E-state index in [0.29, 0.717) is 35.4 Å². The Bertz CT molecular complexity index is 669. The average Bonchev–Trinajstić information content (AvgIpc) is 3.33. The summed E-state index contributed by atoms with van der Waals surface area (Å²) < 4.78 is 27.4. The van der Waals surface area contributed by atoms with Gasteiger partial charge in [0.15, 0.2) is 0 Å². The molecule has 0 unspecified atom stereocenters. The molecule has 0 aromatic heterocycles. The van der Waals surface area contributed by atoms with Gasteiger partial charge in [-0.15, -0.1) is 0 Å². The molecule has 0 N–H and O–H groups in total. The molecule has 112 valence electrons. The van der Waals surface area contributed by atoms with Crippen molar-refractivity contribution in [1.29, 1.82) is 5.26 Å². The first-order valence-electron chi connectivity index (χ1n) is 7.51. The van der Waals surface area contributed by atoms with Crippen molar-refractivity contribution in [3.05, 3.63) is 29.3 Å². The number of sulfonamides is 1. The fourth-order valence-electron chi connectivity index (χ4n) is 2.52. The molecule has 1 aromatic rings. The molecule has 0 amide bonds. The summed E-state index contributed by atoms with van der Waals surface area (Å²) in [6.07, 6.45) is 4.57. The second-order valence-corrected chi connectivity index (χ2v) is 8.24. The zero-order valence-electron chi connectivity index (χ0n) is 12.2. The van der Waals surface area contributed by atoms with Crippen LogP contribution in [0.25, 0.3) is 0 Å². The third kappa shape index (κ3) is 3.28. The molecule has 2 aliphatic carbocycles. The minimum atomic E-state index is -3.43. The van der Waals surface area contributed by atoms with E-state index in [1.165, 1.54) is 0 Å². The van der Waals surface area contributed by atoms with Crippen LogP contribution in [0, 0.1) is 30.1 Å². The second kappa shape index (κ2) is 5.43. The summed E-state index contributed by atoms with van der Waals surface area (Å²) in [5.41, 5.74) is 1.25. The van der Waals surface area contributed by atoms with Gasteiger partial charge in [0.2, 0.25) is 10.0 Å². The van der Waals surface area contributed by atoms with Gasteiger partial charge < -0.3 is 0 Å². The minimum absolute atomic E-state index is 0.320. The van der Waals surface area contributed by atoms with Crippen molar-refractivity contribution < 1.29 is 8.42 Å². The molecular weight excluding hydrogens is 284 g/mol. The van der Waals surface area contributed by atoms with Crippen LogP contribution in [0.3, 0.4) is 0 Å². The largest absolute Gasteiger partial charge is 0.243 e. The van der Waals surface area contributed by atoms with Crippen LogP contribution in [0.2, 0.25) is 0 Å². The topological polar surface area (TPSA) is 61.2 Å². The smallest absolute Gasteiger partial charge is 0.207 e. The van der Waals surface area contributed by atoms with Crippen LogP contribution in [-0.2, 0) is 10.0 Å². The lowest BCUT2D eigenvalue weighted by Gasteiger charge is -2.22. The molecule has 1 aromatic carbocycles. The third-order valence-electron chi connectivity index (χ3n) is 4.27. The molecular formula is C16H20N2O2S. The van der Waals surface area contributed by atoms with E-state index in [0.717, 1.165) is 31.2 Å². The van der Waals surface area contributed by atoms with Crippen molar-refractivity contribution in [2.75, 3.05) is 13.1 Å². The molecule has 0 saturated heterocycles. The number of aryl methyl sites for hydroxylation is 1. The Kier molecular flexibility index (Phi) is 3.76. The molecule has 2 aliphatic rings. The van der Waals surface area contributed by atoms with E-state index >= 15 is 0 Å². The molecule has 0 aliphatic heterocycles. The molecule has 0 heterocycles. The Morgan fingerprint density at radius 2 is 1.76 bits per heavy atom. The first-order chi connectivity index (χ1) is 10.0. The zero-order valence-corrected chi connectivity index (χ0v) is 13.1. The highest BCUT2D eigenvalue weighted by Gasteiger charge is 2.35. The quantitative estimate of drug-likeness (QED) is 0.811. The fraction of sp³-hybridized carbons (Fsp3) is 0.562. The van der Waals surface area contributed by atoms with Crippen molar-refractivity contribution in [3.8, 4) is 6.07 Å². The number of benzene rings is 1. The molecule has 2 fully saturated rings. The highest BCUT2D eigenvalue weighted by Crippen LogP contribution is 2.36. The normalized spacial score (nSPS) is 18.7. The lowest BCUT2D eigenvalue weighted by atomic mass is 10.1. The first-order valence-corrected chi connectivity index (χ1v) is 8.95. The maximum absolute atomic E-state index is 12.9. The van der Waals surface area contributed by atoms with Crippen LogP contribution in [0.1, 0.15) is 36.8 Å². The van der Waals surface area contributed by atoms with Crippen LogP contribution in [0.15, 0.2) is 23.1 Å². The maximum Gasteiger partial charge on any atom is 0.243 e. The lowest BCUT2D eigenvalue weighted by molar-refractivity contribution is 0.382. The summed E-state index contributed by atoms with van der Waals surface area (Å²) in [5, 5.41) is 8.97. The van der Waals surface area contributed by atoms with Gasteiger partial charge in [-0.05, 0) is 68.2 Å². The van der Waals surface area contributed by atoms with Crippen LogP contribution in [0.4, 0.5) is 0 Å². The summed E-state index contributed by atoms with van der Waals surface area (Å²) in [6, 6.07) is 6.87. The Morgan fingerprint density at radius 3 is 2.19 bits per heavy atom. The van der Waals surface area contributed by atoms with Crippen molar-refractivity contribution in [2.24, 2.45) is 11.8 Å². The SMILES string of the molecule is Cc1cc(S(=O)(=O)N(CC2CC2)CC2CC2)ccc1C#N. The summed E-state index contributed by atoms with van der Waals surface area (Å²) in [6.45, 7) is 3.08. The summed E-state index contributed by atoms with van der Waals surface area (Å²) in [5.74, 6) is 1.08. The van der Waals surface area contributed by atoms with Crippen molar-refractivity contribution in [1.82, 2.24) is 4.31 Å². The lowest BCUT2D eigenvalue weighted by Crippen LogP contribution is -2.34. The Morgan fingerprint density at radius 1 is 1.19 bits per heavy atom. The van der Waals surface area contributed by atoms with Gasteiger partial charge in [-0.1, -0.05) is 0 Å². The molecule has 3 rings (SSSR count). The molecule has 5 heteroatoms. The van der Waals surface area contributed by atoms with Crippen molar-refractivity contribution in [2.45, 2.75) is 37.5 Å².